The molecule has 0 radical (unpaired) electrons. The summed E-state index contributed by atoms with van der Waals surface area (Å²) in [5, 5.41) is 7.07. The fraction of sp³-hybridized carbons (Fsp3) is 0.444. The number of aryl methyl sites for hydroxylation is 1. The van der Waals surface area contributed by atoms with Crippen molar-refractivity contribution < 1.29 is 4.52 Å². The highest BCUT2D eigenvalue weighted by Gasteiger charge is 1.97. The molecule has 3 nitrogen and oxygen atoms in total. The molecule has 0 saturated carbocycles. The third-order valence-corrected chi connectivity index (χ3v) is 1.51. The Morgan fingerprint density at radius 2 is 2.58 bits per heavy atom. The van der Waals surface area contributed by atoms with E-state index in [1.165, 1.54) is 0 Å². The third kappa shape index (κ3) is 2.88. The maximum atomic E-state index is 4.91. The minimum Gasteiger partial charge on any atom is -0.361 e. The van der Waals surface area contributed by atoms with E-state index in [9.17, 15) is 0 Å². The minimum absolute atomic E-state index is 0.769. The van der Waals surface area contributed by atoms with Crippen molar-refractivity contribution in [2.45, 2.75) is 19.9 Å². The zero-order valence-corrected chi connectivity index (χ0v) is 7.34. The van der Waals surface area contributed by atoms with Crippen molar-refractivity contribution >= 4 is 0 Å². The lowest BCUT2D eigenvalue weighted by molar-refractivity contribution is 0.388. The number of aromatic nitrogens is 1. The van der Waals surface area contributed by atoms with Crippen LogP contribution < -0.4 is 5.32 Å². The van der Waals surface area contributed by atoms with Crippen LogP contribution in [0.3, 0.4) is 0 Å². The standard InChI is InChI=1S/C9H14N2O/c1-3-4-5-10-7-9-6-8(2)12-11-9/h3,6,10H,1,4-5,7H2,2H3. The van der Waals surface area contributed by atoms with Gasteiger partial charge in [-0.2, -0.15) is 0 Å². The van der Waals surface area contributed by atoms with Crippen LogP contribution in [0.2, 0.25) is 0 Å². The van der Waals surface area contributed by atoms with Gasteiger partial charge in [-0.15, -0.1) is 6.58 Å². The molecule has 0 bridgehead atoms. The number of rotatable bonds is 5. The molecule has 0 amide bonds. The highest BCUT2D eigenvalue weighted by molar-refractivity contribution is 5.02. The molecule has 1 N–H and O–H groups in total. The molecule has 0 aromatic carbocycles. The number of hydrogen-bond donors (Lipinski definition) is 1. The van der Waals surface area contributed by atoms with Crippen molar-refractivity contribution in [3.8, 4) is 0 Å². The zero-order valence-electron chi connectivity index (χ0n) is 7.34. The second-order valence-corrected chi connectivity index (χ2v) is 2.68. The van der Waals surface area contributed by atoms with Gasteiger partial charge in [0.25, 0.3) is 0 Å². The fourth-order valence-corrected chi connectivity index (χ4v) is 0.922. The molecule has 0 atom stereocenters. The second kappa shape index (κ2) is 4.72. The fourth-order valence-electron chi connectivity index (χ4n) is 0.922. The molecule has 1 aromatic heterocycles. The lowest BCUT2D eigenvalue weighted by atomic mass is 10.3. The van der Waals surface area contributed by atoms with Crippen LogP contribution in [0.5, 0.6) is 0 Å². The van der Waals surface area contributed by atoms with Crippen LogP contribution >= 0.6 is 0 Å². The van der Waals surface area contributed by atoms with Crippen LogP contribution in [0, 0.1) is 6.92 Å². The Kier molecular flexibility index (Phi) is 3.54. The van der Waals surface area contributed by atoms with Crippen LogP contribution in [0.1, 0.15) is 17.9 Å². The summed E-state index contributed by atoms with van der Waals surface area (Å²) in [6.45, 7) is 7.23. The Morgan fingerprint density at radius 1 is 1.75 bits per heavy atom. The highest BCUT2D eigenvalue weighted by atomic mass is 16.5. The molecular weight excluding hydrogens is 152 g/mol. The SMILES string of the molecule is C=CCCNCc1cc(C)on1. The Bertz CT molecular complexity index is 242. The first-order chi connectivity index (χ1) is 5.83. The molecule has 0 aliphatic rings. The van der Waals surface area contributed by atoms with Crippen molar-refractivity contribution in [1.29, 1.82) is 0 Å². The molecule has 1 rings (SSSR count). The van der Waals surface area contributed by atoms with Gasteiger partial charge < -0.3 is 9.84 Å². The monoisotopic (exact) mass is 166 g/mol. The molecule has 1 heterocycles. The topological polar surface area (TPSA) is 38.1 Å². The molecule has 0 aliphatic carbocycles. The van der Waals surface area contributed by atoms with Gasteiger partial charge in [0, 0.05) is 12.6 Å². The minimum atomic E-state index is 0.769. The van der Waals surface area contributed by atoms with Crippen LogP contribution in [0.25, 0.3) is 0 Å². The smallest absolute Gasteiger partial charge is 0.133 e. The van der Waals surface area contributed by atoms with E-state index in [0.29, 0.717) is 0 Å². The Morgan fingerprint density at radius 3 is 3.17 bits per heavy atom. The Balaban J connectivity index is 2.19. The number of nitrogens with one attached hydrogen (secondary N) is 1. The van der Waals surface area contributed by atoms with Gasteiger partial charge in [-0.25, -0.2) is 0 Å². The summed E-state index contributed by atoms with van der Waals surface area (Å²) in [5.41, 5.74) is 0.955. The van der Waals surface area contributed by atoms with E-state index < -0.39 is 0 Å². The van der Waals surface area contributed by atoms with Gasteiger partial charge in [0.1, 0.15) is 5.76 Å². The van der Waals surface area contributed by atoms with Crippen LogP contribution in [-0.2, 0) is 6.54 Å². The molecule has 0 fully saturated rings. The Labute approximate surface area is 72.4 Å². The largest absolute Gasteiger partial charge is 0.361 e. The third-order valence-electron chi connectivity index (χ3n) is 1.51. The lowest BCUT2D eigenvalue weighted by Gasteiger charge is -1.96. The number of nitrogens with zero attached hydrogens (tertiary/aromatic N) is 1. The second-order valence-electron chi connectivity index (χ2n) is 2.68. The normalized spacial score (nSPS) is 10.1. The van der Waals surface area contributed by atoms with Crippen molar-refractivity contribution in [3.63, 3.8) is 0 Å². The Hall–Kier alpha value is -1.09. The van der Waals surface area contributed by atoms with Gasteiger partial charge >= 0.3 is 0 Å². The first-order valence-electron chi connectivity index (χ1n) is 4.06. The summed E-state index contributed by atoms with van der Waals surface area (Å²) in [4.78, 5) is 0. The quantitative estimate of drug-likeness (QED) is 0.534. The van der Waals surface area contributed by atoms with Gasteiger partial charge in [0.2, 0.25) is 0 Å². The van der Waals surface area contributed by atoms with E-state index >= 15 is 0 Å². The molecule has 0 unspecified atom stereocenters. The van der Waals surface area contributed by atoms with Crippen LogP contribution in [0.15, 0.2) is 23.2 Å². The van der Waals surface area contributed by atoms with Gasteiger partial charge in [-0.1, -0.05) is 11.2 Å². The molecular formula is C9H14N2O. The molecule has 3 heteroatoms. The summed E-state index contributed by atoms with van der Waals surface area (Å²) in [7, 11) is 0. The maximum Gasteiger partial charge on any atom is 0.133 e. The predicted molar refractivity (Wildman–Crippen MR) is 47.8 cm³/mol. The molecule has 12 heavy (non-hydrogen) atoms. The van der Waals surface area contributed by atoms with Gasteiger partial charge in [0.05, 0.1) is 5.69 Å². The lowest BCUT2D eigenvalue weighted by Crippen LogP contribution is -2.13. The van der Waals surface area contributed by atoms with Crippen molar-refractivity contribution in [2.24, 2.45) is 0 Å². The summed E-state index contributed by atoms with van der Waals surface area (Å²) in [5.74, 6) is 0.857. The zero-order chi connectivity index (χ0) is 8.81. The average molecular weight is 166 g/mol. The van der Waals surface area contributed by atoms with E-state index in [-0.39, 0.29) is 0 Å². The molecule has 0 aliphatic heterocycles. The van der Waals surface area contributed by atoms with Crippen molar-refractivity contribution in [1.82, 2.24) is 10.5 Å². The van der Waals surface area contributed by atoms with E-state index in [0.717, 1.165) is 31.0 Å². The van der Waals surface area contributed by atoms with Crippen LogP contribution in [0.4, 0.5) is 0 Å². The molecule has 0 spiro atoms. The summed E-state index contributed by atoms with van der Waals surface area (Å²) >= 11 is 0. The van der Waals surface area contributed by atoms with E-state index in [2.05, 4.69) is 17.1 Å². The van der Waals surface area contributed by atoms with Gasteiger partial charge in [-0.05, 0) is 19.9 Å². The summed E-state index contributed by atoms with van der Waals surface area (Å²) in [6, 6.07) is 1.93. The first-order valence-corrected chi connectivity index (χ1v) is 4.06. The van der Waals surface area contributed by atoms with E-state index in [1.807, 2.05) is 19.1 Å². The van der Waals surface area contributed by atoms with E-state index in [4.69, 9.17) is 4.52 Å². The molecule has 1 aromatic rings. The summed E-state index contributed by atoms with van der Waals surface area (Å²) < 4.78 is 4.91. The highest BCUT2D eigenvalue weighted by Crippen LogP contribution is 2.00. The number of hydrogen-bond acceptors (Lipinski definition) is 3. The maximum absolute atomic E-state index is 4.91. The van der Waals surface area contributed by atoms with Gasteiger partial charge in [0.15, 0.2) is 0 Å². The van der Waals surface area contributed by atoms with Crippen LogP contribution in [-0.4, -0.2) is 11.7 Å². The predicted octanol–water partition coefficient (Wildman–Crippen LogP) is 1.65. The summed E-state index contributed by atoms with van der Waals surface area (Å²) in [6.07, 6.45) is 2.87. The first kappa shape index (κ1) is 9.00. The average Bonchev–Trinajstić information content (AvgIpc) is 2.45. The molecule has 66 valence electrons. The molecule has 0 saturated heterocycles. The van der Waals surface area contributed by atoms with Gasteiger partial charge in [-0.3, -0.25) is 0 Å². The van der Waals surface area contributed by atoms with Crippen molar-refractivity contribution in [3.05, 3.63) is 30.2 Å². The van der Waals surface area contributed by atoms with E-state index in [1.54, 1.807) is 0 Å². The van der Waals surface area contributed by atoms with Crippen molar-refractivity contribution in [2.75, 3.05) is 6.54 Å².